The third kappa shape index (κ3) is 3.85. The second kappa shape index (κ2) is 7.54. The third-order valence-corrected chi connectivity index (χ3v) is 5.71. The summed E-state index contributed by atoms with van der Waals surface area (Å²) < 4.78 is 33.4. The number of sulfonamides is 1. The lowest BCUT2D eigenvalue weighted by Gasteiger charge is -2.31. The van der Waals surface area contributed by atoms with Gasteiger partial charge in [-0.1, -0.05) is 12.1 Å². The van der Waals surface area contributed by atoms with Crippen LogP contribution in [0.3, 0.4) is 0 Å². The molecule has 0 aliphatic carbocycles. The highest BCUT2D eigenvalue weighted by Crippen LogP contribution is 2.34. The molecule has 5 nitrogen and oxygen atoms in total. The number of anilines is 2. The van der Waals surface area contributed by atoms with Crippen LogP contribution in [0.25, 0.3) is 0 Å². The molecule has 1 aliphatic rings. The molecular formula is C18H23ClN2O3S. The molecule has 2 aromatic rings. The van der Waals surface area contributed by atoms with Crippen LogP contribution >= 0.6 is 12.4 Å². The summed E-state index contributed by atoms with van der Waals surface area (Å²) in [6.45, 7) is 6.75. The number of aryl methyl sites for hydroxylation is 1. The zero-order chi connectivity index (χ0) is 17.3. The standard InChI is InChI=1S/C18H22N2O3S.ClH/c1-13(2)23-18-9-8-15(12-14(18)3)24(21,22)20-11-10-19-16-6-4-5-7-17(16)20;/h4-9,12-13,19H,10-11H2,1-3H3;1H. The summed E-state index contributed by atoms with van der Waals surface area (Å²) in [6.07, 6.45) is 0.0474. The Balaban J connectivity index is 0.00000225. The fourth-order valence-corrected chi connectivity index (χ4v) is 4.37. The maximum Gasteiger partial charge on any atom is 0.264 e. The van der Waals surface area contributed by atoms with Crippen molar-refractivity contribution < 1.29 is 13.2 Å². The first-order chi connectivity index (χ1) is 11.4. The zero-order valence-electron chi connectivity index (χ0n) is 14.5. The second-order valence-electron chi connectivity index (χ2n) is 6.12. The van der Waals surface area contributed by atoms with Crippen LogP contribution in [0, 0.1) is 6.92 Å². The van der Waals surface area contributed by atoms with Crippen molar-refractivity contribution >= 4 is 33.8 Å². The van der Waals surface area contributed by atoms with Crippen molar-refractivity contribution in [3.05, 3.63) is 48.0 Å². The number of benzene rings is 2. The Morgan fingerprint density at radius 1 is 1.16 bits per heavy atom. The van der Waals surface area contributed by atoms with Crippen LogP contribution in [-0.4, -0.2) is 27.6 Å². The highest BCUT2D eigenvalue weighted by molar-refractivity contribution is 7.92. The van der Waals surface area contributed by atoms with Crippen LogP contribution in [-0.2, 0) is 10.0 Å². The average molecular weight is 383 g/mol. The molecule has 2 aromatic carbocycles. The van der Waals surface area contributed by atoms with Crippen LogP contribution in [0.4, 0.5) is 11.4 Å². The summed E-state index contributed by atoms with van der Waals surface area (Å²) in [5, 5.41) is 3.23. The van der Waals surface area contributed by atoms with E-state index in [4.69, 9.17) is 4.74 Å². The van der Waals surface area contributed by atoms with Gasteiger partial charge in [-0.2, -0.15) is 0 Å². The molecule has 0 atom stereocenters. The van der Waals surface area contributed by atoms with E-state index in [9.17, 15) is 8.42 Å². The van der Waals surface area contributed by atoms with Gasteiger partial charge in [-0.05, 0) is 56.7 Å². The fraction of sp³-hybridized carbons (Fsp3) is 0.333. The largest absolute Gasteiger partial charge is 0.491 e. The molecule has 0 amide bonds. The van der Waals surface area contributed by atoms with Gasteiger partial charge in [0.05, 0.1) is 28.9 Å². The van der Waals surface area contributed by atoms with Gasteiger partial charge in [0.25, 0.3) is 10.0 Å². The van der Waals surface area contributed by atoms with E-state index in [-0.39, 0.29) is 23.4 Å². The summed E-state index contributed by atoms with van der Waals surface area (Å²) >= 11 is 0. The van der Waals surface area contributed by atoms with E-state index in [1.54, 1.807) is 18.2 Å². The van der Waals surface area contributed by atoms with Crippen molar-refractivity contribution in [2.24, 2.45) is 0 Å². The van der Waals surface area contributed by atoms with Crippen molar-refractivity contribution in [2.45, 2.75) is 31.8 Å². The van der Waals surface area contributed by atoms with Crippen molar-refractivity contribution in [2.75, 3.05) is 22.7 Å². The SMILES string of the molecule is Cc1cc(S(=O)(=O)N2CCNc3ccccc32)ccc1OC(C)C.Cl. The van der Waals surface area contributed by atoms with E-state index < -0.39 is 10.0 Å². The number of hydrogen-bond donors (Lipinski definition) is 1. The topological polar surface area (TPSA) is 58.6 Å². The highest BCUT2D eigenvalue weighted by Gasteiger charge is 2.29. The number of fused-ring (bicyclic) bond motifs is 1. The molecule has 1 aliphatic heterocycles. The zero-order valence-corrected chi connectivity index (χ0v) is 16.2. The Morgan fingerprint density at radius 3 is 2.56 bits per heavy atom. The number of halogens is 1. The Hall–Kier alpha value is -1.92. The van der Waals surface area contributed by atoms with Crippen molar-refractivity contribution in [1.82, 2.24) is 0 Å². The van der Waals surface area contributed by atoms with Crippen LogP contribution in [0.5, 0.6) is 5.75 Å². The molecule has 1 N–H and O–H groups in total. The van der Waals surface area contributed by atoms with Gasteiger partial charge in [-0.25, -0.2) is 8.42 Å². The first-order valence-corrected chi connectivity index (χ1v) is 9.46. The summed E-state index contributed by atoms with van der Waals surface area (Å²) in [6, 6.07) is 12.5. The lowest BCUT2D eigenvalue weighted by Crippen LogP contribution is -2.38. The fourth-order valence-electron chi connectivity index (χ4n) is 2.80. The first kappa shape index (κ1) is 19.4. The molecule has 0 bridgehead atoms. The molecule has 3 rings (SSSR count). The van der Waals surface area contributed by atoms with Crippen LogP contribution in [0.15, 0.2) is 47.4 Å². The molecule has 0 aromatic heterocycles. The highest BCUT2D eigenvalue weighted by atomic mass is 35.5. The van der Waals surface area contributed by atoms with E-state index in [2.05, 4.69) is 5.32 Å². The van der Waals surface area contributed by atoms with Gasteiger partial charge in [0, 0.05) is 6.54 Å². The van der Waals surface area contributed by atoms with Gasteiger partial charge in [0.2, 0.25) is 0 Å². The van der Waals surface area contributed by atoms with E-state index in [0.29, 0.717) is 24.5 Å². The lowest BCUT2D eigenvalue weighted by molar-refractivity contribution is 0.240. The summed E-state index contributed by atoms with van der Waals surface area (Å²) in [7, 11) is -3.61. The van der Waals surface area contributed by atoms with Gasteiger partial charge >= 0.3 is 0 Å². The summed E-state index contributed by atoms with van der Waals surface area (Å²) in [5.74, 6) is 0.713. The molecular weight excluding hydrogens is 360 g/mol. The minimum Gasteiger partial charge on any atom is -0.491 e. The average Bonchev–Trinajstić information content (AvgIpc) is 2.55. The molecule has 136 valence electrons. The summed E-state index contributed by atoms with van der Waals surface area (Å²) in [5.41, 5.74) is 2.33. The third-order valence-electron chi connectivity index (χ3n) is 3.90. The molecule has 0 unspecified atom stereocenters. The van der Waals surface area contributed by atoms with E-state index in [0.717, 1.165) is 11.3 Å². The van der Waals surface area contributed by atoms with Gasteiger partial charge in [0.1, 0.15) is 5.75 Å². The molecule has 0 saturated carbocycles. The van der Waals surface area contributed by atoms with Crippen LogP contribution in [0.2, 0.25) is 0 Å². The maximum absolute atomic E-state index is 13.1. The van der Waals surface area contributed by atoms with Crippen LogP contribution in [0.1, 0.15) is 19.4 Å². The van der Waals surface area contributed by atoms with Gasteiger partial charge < -0.3 is 10.1 Å². The number of rotatable bonds is 4. The Morgan fingerprint density at radius 2 is 1.88 bits per heavy atom. The minimum absolute atomic E-state index is 0. The predicted molar refractivity (Wildman–Crippen MR) is 104 cm³/mol. The second-order valence-corrected chi connectivity index (χ2v) is 7.98. The number of nitrogens with zero attached hydrogens (tertiary/aromatic N) is 1. The number of hydrogen-bond acceptors (Lipinski definition) is 4. The molecule has 0 radical (unpaired) electrons. The van der Waals surface area contributed by atoms with Crippen molar-refractivity contribution in [1.29, 1.82) is 0 Å². The van der Waals surface area contributed by atoms with E-state index in [1.807, 2.05) is 45.0 Å². The van der Waals surface area contributed by atoms with Gasteiger partial charge in [0.15, 0.2) is 0 Å². The van der Waals surface area contributed by atoms with Crippen LogP contribution < -0.4 is 14.4 Å². The Labute approximate surface area is 155 Å². The minimum atomic E-state index is -3.61. The molecule has 25 heavy (non-hydrogen) atoms. The van der Waals surface area contributed by atoms with E-state index in [1.165, 1.54) is 4.31 Å². The van der Waals surface area contributed by atoms with Crippen molar-refractivity contribution in [3.8, 4) is 5.75 Å². The molecule has 0 fully saturated rings. The normalized spacial score (nSPS) is 13.7. The number of ether oxygens (including phenoxy) is 1. The lowest BCUT2D eigenvalue weighted by atomic mass is 10.2. The molecule has 1 heterocycles. The maximum atomic E-state index is 13.1. The predicted octanol–water partition coefficient (Wildman–Crippen LogP) is 3.82. The quantitative estimate of drug-likeness (QED) is 0.873. The first-order valence-electron chi connectivity index (χ1n) is 8.02. The Kier molecular flexibility index (Phi) is 5.85. The van der Waals surface area contributed by atoms with Crippen molar-refractivity contribution in [3.63, 3.8) is 0 Å². The van der Waals surface area contributed by atoms with Gasteiger partial charge in [-0.3, -0.25) is 4.31 Å². The van der Waals surface area contributed by atoms with E-state index >= 15 is 0 Å². The van der Waals surface area contributed by atoms with Gasteiger partial charge in [-0.15, -0.1) is 12.4 Å². The smallest absolute Gasteiger partial charge is 0.264 e. The number of para-hydroxylation sites is 2. The molecule has 0 spiro atoms. The molecule has 0 saturated heterocycles. The number of nitrogens with one attached hydrogen (secondary N) is 1. The summed E-state index contributed by atoms with van der Waals surface area (Å²) in [4.78, 5) is 0.285. The Bertz CT molecular complexity index is 853. The monoisotopic (exact) mass is 382 g/mol. The molecule has 7 heteroatoms.